The quantitative estimate of drug-likeness (QED) is 0.367. The van der Waals surface area contributed by atoms with Gasteiger partial charge in [0, 0.05) is 18.6 Å². The number of carbonyl (C=O) groups is 1. The van der Waals surface area contributed by atoms with Crippen LogP contribution in [0, 0.1) is 5.82 Å². The first-order valence-corrected chi connectivity index (χ1v) is 11.1. The van der Waals surface area contributed by atoms with E-state index in [1.165, 1.54) is 28.2 Å². The third kappa shape index (κ3) is 4.66. The van der Waals surface area contributed by atoms with Crippen LogP contribution in [0.3, 0.4) is 0 Å². The van der Waals surface area contributed by atoms with Crippen LogP contribution in [0.1, 0.15) is 16.2 Å². The van der Waals surface area contributed by atoms with E-state index >= 15 is 0 Å². The van der Waals surface area contributed by atoms with E-state index in [0.29, 0.717) is 17.3 Å². The van der Waals surface area contributed by atoms with E-state index in [0.717, 1.165) is 10.4 Å². The van der Waals surface area contributed by atoms with Crippen LogP contribution in [0.15, 0.2) is 84.6 Å². The van der Waals surface area contributed by atoms with Crippen LogP contribution in [-0.2, 0) is 6.61 Å². The lowest BCUT2D eigenvalue weighted by Crippen LogP contribution is -2.16. The van der Waals surface area contributed by atoms with Gasteiger partial charge in [0.15, 0.2) is 17.4 Å². The highest BCUT2D eigenvalue weighted by atomic mass is 32.1. The minimum absolute atomic E-state index is 0.0848. The predicted octanol–water partition coefficient (Wildman–Crippen LogP) is 4.76. The average Bonchev–Trinajstić information content (AvgIpc) is 3.54. The van der Waals surface area contributed by atoms with Gasteiger partial charge >= 0.3 is 0 Å². The van der Waals surface area contributed by atoms with Gasteiger partial charge in [-0.1, -0.05) is 12.1 Å². The number of hydrogen-bond donors (Lipinski definition) is 1. The summed E-state index contributed by atoms with van der Waals surface area (Å²) in [7, 11) is 0. The second-order valence-corrected chi connectivity index (χ2v) is 8.02. The van der Waals surface area contributed by atoms with E-state index in [-0.39, 0.29) is 18.2 Å². The van der Waals surface area contributed by atoms with Crippen LogP contribution in [-0.4, -0.2) is 30.6 Å². The highest BCUT2D eigenvalue weighted by molar-refractivity contribution is 7.13. The van der Waals surface area contributed by atoms with Crippen LogP contribution < -0.4 is 10.1 Å². The van der Waals surface area contributed by atoms with Crippen molar-refractivity contribution < 1.29 is 13.9 Å². The van der Waals surface area contributed by atoms with Crippen molar-refractivity contribution >= 4 is 23.1 Å². The summed E-state index contributed by atoms with van der Waals surface area (Å²) in [6.07, 6.45) is 4.90. The van der Waals surface area contributed by atoms with Gasteiger partial charge < -0.3 is 10.1 Å². The molecule has 5 aromatic rings. The normalized spacial score (nSPS) is 10.7. The Morgan fingerprint density at radius 2 is 1.94 bits per heavy atom. The zero-order valence-corrected chi connectivity index (χ0v) is 18.4. The maximum Gasteiger partial charge on any atom is 0.296 e. The van der Waals surface area contributed by atoms with Crippen molar-refractivity contribution in [3.63, 3.8) is 0 Å². The number of aromatic nitrogens is 5. The van der Waals surface area contributed by atoms with Gasteiger partial charge in [0.2, 0.25) is 5.82 Å². The number of rotatable bonds is 7. The van der Waals surface area contributed by atoms with Gasteiger partial charge in [-0.2, -0.15) is 0 Å². The minimum Gasteiger partial charge on any atom is -0.485 e. The van der Waals surface area contributed by atoms with Crippen LogP contribution in [0.25, 0.3) is 16.4 Å². The Bertz CT molecular complexity index is 1420. The second-order valence-electron chi connectivity index (χ2n) is 7.08. The van der Waals surface area contributed by atoms with E-state index in [2.05, 4.69) is 25.4 Å². The molecule has 10 heteroatoms. The number of hydrogen-bond acceptors (Lipinski definition) is 7. The Kier molecular flexibility index (Phi) is 6.04. The van der Waals surface area contributed by atoms with Crippen LogP contribution in [0.5, 0.6) is 5.75 Å². The van der Waals surface area contributed by atoms with Gasteiger partial charge in [-0.25, -0.2) is 19.0 Å². The fourth-order valence-corrected chi connectivity index (χ4v) is 3.86. The van der Waals surface area contributed by atoms with Crippen LogP contribution in [0.4, 0.5) is 10.2 Å². The van der Waals surface area contributed by atoms with Gasteiger partial charge in [-0.15, -0.1) is 16.4 Å². The molecule has 0 radical (unpaired) electrons. The lowest BCUT2D eigenvalue weighted by Gasteiger charge is -2.10. The number of nitrogens with one attached hydrogen (secondary N) is 1. The highest BCUT2D eigenvalue weighted by Crippen LogP contribution is 2.27. The molecule has 0 atom stereocenters. The zero-order valence-electron chi connectivity index (χ0n) is 17.6. The predicted molar refractivity (Wildman–Crippen MR) is 125 cm³/mol. The van der Waals surface area contributed by atoms with Gasteiger partial charge in [-0.3, -0.25) is 9.78 Å². The van der Waals surface area contributed by atoms with Crippen molar-refractivity contribution in [2.75, 3.05) is 5.32 Å². The Hall–Kier alpha value is -4.44. The second kappa shape index (κ2) is 9.59. The summed E-state index contributed by atoms with van der Waals surface area (Å²) >= 11 is 1.44. The number of anilines is 1. The lowest BCUT2D eigenvalue weighted by molar-refractivity contribution is 0.101. The molecule has 1 aromatic carbocycles. The van der Waals surface area contributed by atoms with E-state index in [9.17, 15) is 9.18 Å². The lowest BCUT2D eigenvalue weighted by atomic mass is 10.3. The first-order chi connectivity index (χ1) is 16.7. The summed E-state index contributed by atoms with van der Waals surface area (Å²) in [5.41, 5.74) is 1.38. The maximum absolute atomic E-state index is 13.9. The third-order valence-corrected chi connectivity index (χ3v) is 5.62. The monoisotopic (exact) mass is 472 g/mol. The molecule has 34 heavy (non-hydrogen) atoms. The molecule has 0 aliphatic heterocycles. The molecule has 0 unspecified atom stereocenters. The maximum atomic E-state index is 13.9. The largest absolute Gasteiger partial charge is 0.485 e. The van der Waals surface area contributed by atoms with Crippen molar-refractivity contribution in [1.29, 1.82) is 0 Å². The summed E-state index contributed by atoms with van der Waals surface area (Å²) in [6.45, 7) is 0.284. The topological polar surface area (TPSA) is 94.8 Å². The number of halogens is 1. The summed E-state index contributed by atoms with van der Waals surface area (Å²) in [5.74, 6) is -0.00241. The third-order valence-electron chi connectivity index (χ3n) is 4.75. The molecular formula is C24H17FN6O2S. The summed E-state index contributed by atoms with van der Waals surface area (Å²) < 4.78 is 21.1. The molecule has 0 fully saturated rings. The summed E-state index contributed by atoms with van der Waals surface area (Å²) in [5, 5.41) is 8.96. The van der Waals surface area contributed by atoms with Gasteiger partial charge in [0.25, 0.3) is 5.91 Å². The zero-order chi connectivity index (χ0) is 23.3. The van der Waals surface area contributed by atoms with E-state index in [1.807, 2.05) is 29.6 Å². The SMILES string of the molecule is O=C(Nc1ncccc1OCc1ccncc1)c1nc(-c2cccs2)n(-c2cccc(F)c2)n1. The Labute approximate surface area is 197 Å². The van der Waals surface area contributed by atoms with Crippen molar-refractivity contribution in [1.82, 2.24) is 24.7 Å². The Morgan fingerprint density at radius 3 is 2.74 bits per heavy atom. The van der Waals surface area contributed by atoms with Crippen molar-refractivity contribution in [3.05, 3.63) is 102 Å². The van der Waals surface area contributed by atoms with Gasteiger partial charge in [0.05, 0.1) is 10.6 Å². The molecule has 4 heterocycles. The molecular weight excluding hydrogens is 455 g/mol. The smallest absolute Gasteiger partial charge is 0.296 e. The molecule has 0 saturated heterocycles. The number of carbonyl (C=O) groups excluding carboxylic acids is 1. The van der Waals surface area contributed by atoms with E-state index in [1.54, 1.807) is 42.9 Å². The van der Waals surface area contributed by atoms with E-state index < -0.39 is 11.7 Å². The summed E-state index contributed by atoms with van der Waals surface area (Å²) in [4.78, 5) is 26.5. The average molecular weight is 473 g/mol. The molecule has 8 nitrogen and oxygen atoms in total. The fraction of sp³-hybridized carbons (Fsp3) is 0.0417. The molecule has 0 aliphatic carbocycles. The van der Waals surface area contributed by atoms with Gasteiger partial charge in [0.1, 0.15) is 12.4 Å². The van der Waals surface area contributed by atoms with Gasteiger partial charge in [-0.05, 0) is 59.5 Å². The van der Waals surface area contributed by atoms with Crippen LogP contribution >= 0.6 is 11.3 Å². The van der Waals surface area contributed by atoms with Crippen LogP contribution in [0.2, 0.25) is 0 Å². The Balaban J connectivity index is 1.42. The van der Waals surface area contributed by atoms with E-state index in [4.69, 9.17) is 4.74 Å². The molecule has 0 bridgehead atoms. The molecule has 1 N–H and O–H groups in total. The molecule has 1 amide bonds. The standard InChI is InChI=1S/C24H17FN6O2S/c25-17-4-1-5-18(14-17)31-23(20-7-3-13-34-20)28-22(30-31)24(32)29-21-19(6-2-10-27-21)33-15-16-8-11-26-12-9-16/h1-14H,15H2,(H,27,29,32). The number of pyridine rings is 2. The number of nitrogens with zero attached hydrogens (tertiary/aromatic N) is 5. The minimum atomic E-state index is -0.569. The molecule has 4 aromatic heterocycles. The molecule has 0 aliphatic rings. The van der Waals surface area contributed by atoms with Crippen molar-refractivity contribution in [3.8, 4) is 22.1 Å². The first-order valence-electron chi connectivity index (χ1n) is 10.2. The molecule has 0 saturated carbocycles. The van der Waals surface area contributed by atoms with Crippen molar-refractivity contribution in [2.24, 2.45) is 0 Å². The van der Waals surface area contributed by atoms with Crippen molar-refractivity contribution in [2.45, 2.75) is 6.61 Å². The summed E-state index contributed by atoms with van der Waals surface area (Å²) in [6, 6.07) is 16.8. The first kappa shape index (κ1) is 21.4. The number of thiophene rings is 1. The highest BCUT2D eigenvalue weighted by Gasteiger charge is 2.21. The number of amides is 1. The number of ether oxygens (including phenoxy) is 1. The fourth-order valence-electron chi connectivity index (χ4n) is 3.17. The molecule has 5 rings (SSSR count). The molecule has 0 spiro atoms. The molecule has 168 valence electrons. The number of benzene rings is 1. The Morgan fingerprint density at radius 1 is 1.06 bits per heavy atom.